The highest BCUT2D eigenvalue weighted by Gasteiger charge is 2.41. The summed E-state index contributed by atoms with van der Waals surface area (Å²) in [4.78, 5) is 39.8. The van der Waals surface area contributed by atoms with Crippen molar-refractivity contribution in [2.45, 2.75) is 48.7 Å². The second-order valence-corrected chi connectivity index (χ2v) is 9.89. The molecule has 1 aliphatic carbocycles. The normalized spacial score (nSPS) is 19.7. The predicted octanol–water partition coefficient (Wildman–Crippen LogP) is 5.94. The zero-order valence-electron chi connectivity index (χ0n) is 16.8. The number of hydrogen-bond acceptors (Lipinski definition) is 4. The van der Waals surface area contributed by atoms with Gasteiger partial charge in [0.2, 0.25) is 17.7 Å². The van der Waals surface area contributed by atoms with Gasteiger partial charge in [-0.25, -0.2) is 4.90 Å². The van der Waals surface area contributed by atoms with Crippen LogP contribution < -0.4 is 10.2 Å². The summed E-state index contributed by atoms with van der Waals surface area (Å²) in [6, 6.07) is 12.2. The van der Waals surface area contributed by atoms with Crippen LogP contribution in [-0.2, 0) is 14.4 Å². The first-order valence-corrected chi connectivity index (χ1v) is 12.0. The lowest BCUT2D eigenvalue weighted by Gasteiger charge is -2.20. The molecule has 1 aliphatic heterocycles. The molecule has 1 unspecified atom stereocenters. The van der Waals surface area contributed by atoms with Crippen LogP contribution in [0.25, 0.3) is 0 Å². The number of benzene rings is 2. The van der Waals surface area contributed by atoms with Gasteiger partial charge in [0, 0.05) is 22.9 Å². The number of thioether (sulfide) groups is 1. The van der Waals surface area contributed by atoms with Crippen molar-refractivity contribution in [3.8, 4) is 0 Å². The van der Waals surface area contributed by atoms with Crippen LogP contribution in [0.1, 0.15) is 38.5 Å². The van der Waals surface area contributed by atoms with Gasteiger partial charge >= 0.3 is 0 Å². The van der Waals surface area contributed by atoms with Gasteiger partial charge in [0.05, 0.1) is 21.0 Å². The molecule has 2 aromatic carbocycles. The number of hydrogen-bond donors (Lipinski definition) is 1. The summed E-state index contributed by atoms with van der Waals surface area (Å²) in [6.45, 7) is 0. The average molecular weight is 477 g/mol. The first-order chi connectivity index (χ1) is 14.9. The zero-order valence-corrected chi connectivity index (χ0v) is 19.1. The Kier molecular flexibility index (Phi) is 6.89. The van der Waals surface area contributed by atoms with Gasteiger partial charge in [-0.1, -0.05) is 48.5 Å². The number of rotatable bonds is 5. The number of amides is 3. The summed E-state index contributed by atoms with van der Waals surface area (Å²) in [6.07, 6.45) is 5.40. The lowest BCUT2D eigenvalue weighted by atomic mass is 9.88. The highest BCUT2D eigenvalue weighted by molar-refractivity contribution is 8.00. The number of anilines is 2. The quantitative estimate of drug-likeness (QED) is 0.542. The Morgan fingerprint density at radius 1 is 0.968 bits per heavy atom. The molecule has 162 valence electrons. The Hall–Kier alpha value is -2.02. The molecule has 0 radical (unpaired) electrons. The van der Waals surface area contributed by atoms with Gasteiger partial charge in [-0.05, 0) is 49.2 Å². The molecule has 1 saturated carbocycles. The Morgan fingerprint density at radius 3 is 2.26 bits per heavy atom. The van der Waals surface area contributed by atoms with Crippen molar-refractivity contribution in [1.82, 2.24) is 0 Å². The maximum Gasteiger partial charge on any atom is 0.247 e. The van der Waals surface area contributed by atoms with Gasteiger partial charge in [0.15, 0.2) is 0 Å². The maximum absolute atomic E-state index is 12.9. The fourth-order valence-electron chi connectivity index (χ4n) is 4.02. The molecule has 3 amide bonds. The van der Waals surface area contributed by atoms with Crippen molar-refractivity contribution in [1.29, 1.82) is 0 Å². The third-order valence-electron chi connectivity index (χ3n) is 5.64. The van der Waals surface area contributed by atoms with Crippen LogP contribution >= 0.6 is 35.0 Å². The van der Waals surface area contributed by atoms with Crippen LogP contribution in [0.3, 0.4) is 0 Å². The fourth-order valence-corrected chi connectivity index (χ4v) is 5.64. The van der Waals surface area contributed by atoms with E-state index in [2.05, 4.69) is 5.32 Å². The molecule has 4 rings (SSSR count). The summed E-state index contributed by atoms with van der Waals surface area (Å²) in [5.74, 6) is -0.495. The standard InChI is InChI=1S/C23H22Cl2N2O3S/c24-17-7-4-8-18(25)21(17)27-20(28)13-19(23(27)30)31-16-11-9-15(10-12-16)26-22(29)14-5-2-1-3-6-14/h4,7-12,14,19H,1-3,5-6,13H2,(H,26,29). The molecule has 8 heteroatoms. The lowest BCUT2D eigenvalue weighted by molar-refractivity contribution is -0.122. The molecule has 5 nitrogen and oxygen atoms in total. The Morgan fingerprint density at radius 2 is 1.61 bits per heavy atom. The second-order valence-electron chi connectivity index (χ2n) is 7.80. The second kappa shape index (κ2) is 9.63. The monoisotopic (exact) mass is 476 g/mol. The average Bonchev–Trinajstić information content (AvgIpc) is 3.03. The largest absolute Gasteiger partial charge is 0.326 e. The van der Waals surface area contributed by atoms with Crippen LogP contribution in [0, 0.1) is 5.92 Å². The first kappa shape index (κ1) is 22.2. The Balaban J connectivity index is 1.41. The molecular weight excluding hydrogens is 455 g/mol. The van der Waals surface area contributed by atoms with Crippen molar-refractivity contribution in [2.24, 2.45) is 5.92 Å². The molecule has 1 atom stereocenters. The van der Waals surface area contributed by atoms with E-state index in [1.807, 2.05) is 24.3 Å². The third-order valence-corrected chi connectivity index (χ3v) is 7.45. The Bertz CT molecular complexity index is 986. The molecule has 1 N–H and O–H groups in total. The van der Waals surface area contributed by atoms with Crippen LogP contribution in [0.15, 0.2) is 47.4 Å². The molecule has 1 saturated heterocycles. The zero-order chi connectivity index (χ0) is 22.0. The summed E-state index contributed by atoms with van der Waals surface area (Å²) in [5.41, 5.74) is 0.975. The van der Waals surface area contributed by atoms with E-state index in [9.17, 15) is 14.4 Å². The summed E-state index contributed by atoms with van der Waals surface area (Å²) >= 11 is 13.7. The van der Waals surface area contributed by atoms with E-state index in [0.717, 1.165) is 41.2 Å². The van der Waals surface area contributed by atoms with Crippen molar-refractivity contribution in [3.05, 3.63) is 52.5 Å². The van der Waals surface area contributed by atoms with Crippen molar-refractivity contribution in [3.63, 3.8) is 0 Å². The number of para-hydroxylation sites is 1. The van der Waals surface area contributed by atoms with Crippen LogP contribution in [-0.4, -0.2) is 23.0 Å². The van der Waals surface area contributed by atoms with Crippen LogP contribution in [0.5, 0.6) is 0 Å². The maximum atomic E-state index is 12.9. The third kappa shape index (κ3) is 4.92. The van der Waals surface area contributed by atoms with Gasteiger partial charge in [-0.3, -0.25) is 14.4 Å². The van der Waals surface area contributed by atoms with Crippen molar-refractivity contribution < 1.29 is 14.4 Å². The fraction of sp³-hybridized carbons (Fsp3) is 0.348. The molecule has 31 heavy (non-hydrogen) atoms. The topological polar surface area (TPSA) is 66.5 Å². The van der Waals surface area contributed by atoms with Crippen LogP contribution in [0.2, 0.25) is 10.0 Å². The van der Waals surface area contributed by atoms with E-state index in [4.69, 9.17) is 23.2 Å². The van der Waals surface area contributed by atoms with E-state index in [-0.39, 0.29) is 45.8 Å². The number of nitrogens with one attached hydrogen (secondary N) is 1. The highest BCUT2D eigenvalue weighted by atomic mass is 35.5. The molecule has 0 aromatic heterocycles. The number of carbonyl (C=O) groups excluding carboxylic acids is 3. The number of halogens is 2. The summed E-state index contributed by atoms with van der Waals surface area (Å²) < 4.78 is 0. The van der Waals surface area contributed by atoms with E-state index >= 15 is 0 Å². The first-order valence-electron chi connectivity index (χ1n) is 10.3. The van der Waals surface area contributed by atoms with E-state index in [0.29, 0.717) is 0 Å². The minimum absolute atomic E-state index is 0.0731. The van der Waals surface area contributed by atoms with Crippen molar-refractivity contribution >= 4 is 64.1 Å². The minimum atomic E-state index is -0.553. The van der Waals surface area contributed by atoms with Crippen LogP contribution in [0.4, 0.5) is 11.4 Å². The van der Waals surface area contributed by atoms with Gasteiger partial charge < -0.3 is 5.32 Å². The SMILES string of the molecule is O=C(Nc1ccc(SC2CC(=O)N(c3c(Cl)cccc3Cl)C2=O)cc1)C1CCCCC1. The molecule has 1 heterocycles. The van der Waals surface area contributed by atoms with Gasteiger partial charge in [-0.2, -0.15) is 0 Å². The summed E-state index contributed by atoms with van der Waals surface area (Å²) in [7, 11) is 0. The smallest absolute Gasteiger partial charge is 0.247 e. The number of nitrogens with zero attached hydrogens (tertiary/aromatic N) is 1. The molecule has 2 aliphatic rings. The lowest BCUT2D eigenvalue weighted by Crippen LogP contribution is -2.31. The predicted molar refractivity (Wildman–Crippen MR) is 125 cm³/mol. The van der Waals surface area contributed by atoms with Gasteiger partial charge in [-0.15, -0.1) is 11.8 Å². The van der Waals surface area contributed by atoms with Crippen molar-refractivity contribution in [2.75, 3.05) is 10.2 Å². The molecule has 0 spiro atoms. The Labute approximate surface area is 195 Å². The molecule has 0 bridgehead atoms. The number of imide groups is 1. The van der Waals surface area contributed by atoms with Gasteiger partial charge in [0.25, 0.3) is 0 Å². The minimum Gasteiger partial charge on any atom is -0.326 e. The van der Waals surface area contributed by atoms with E-state index in [1.54, 1.807) is 18.2 Å². The van der Waals surface area contributed by atoms with E-state index < -0.39 is 5.25 Å². The van der Waals surface area contributed by atoms with Gasteiger partial charge in [0.1, 0.15) is 0 Å². The number of carbonyl (C=O) groups is 3. The molecule has 2 fully saturated rings. The summed E-state index contributed by atoms with van der Waals surface area (Å²) in [5, 5.41) is 2.95. The molecular formula is C23H22Cl2N2O3S. The van der Waals surface area contributed by atoms with E-state index in [1.165, 1.54) is 18.2 Å². The highest BCUT2D eigenvalue weighted by Crippen LogP contribution is 2.40. The molecule has 2 aromatic rings.